The minimum Gasteiger partial charge on any atom is -0.356 e. The van der Waals surface area contributed by atoms with Gasteiger partial charge in [-0.1, -0.05) is 60.7 Å². The molecule has 14 heteroatoms. The average Bonchev–Trinajstić information content (AvgIpc) is 3.30. The third-order valence-corrected chi connectivity index (χ3v) is 14.5. The fourth-order valence-corrected chi connectivity index (χ4v) is 10.3. The number of nitrogens with two attached hydrogens (primary N) is 2. The third-order valence-electron chi connectivity index (χ3n) is 14.5. The molecule has 4 aromatic carbocycles. The quantitative estimate of drug-likeness (QED) is 0.118. The molecular weight excluding hydrogens is 813 g/mol. The number of aliphatic hydroxyl groups is 2. The Balaban J connectivity index is 0.854. The van der Waals surface area contributed by atoms with E-state index >= 15 is 0 Å². The minimum atomic E-state index is -2.58. The monoisotopic (exact) mass is 870 g/mol. The van der Waals surface area contributed by atoms with Crippen molar-refractivity contribution in [1.82, 2.24) is 9.80 Å². The summed E-state index contributed by atoms with van der Waals surface area (Å²) in [5.41, 5.74) is 14.1. The Hall–Kier alpha value is -5.48. The highest BCUT2D eigenvalue weighted by molar-refractivity contribution is 6.02. The van der Waals surface area contributed by atoms with Crippen LogP contribution in [0.25, 0.3) is 0 Å². The van der Waals surface area contributed by atoms with E-state index in [4.69, 9.17) is 20.9 Å². The molecule has 0 bridgehead atoms. The Morgan fingerprint density at radius 2 is 0.938 bits per heavy atom. The van der Waals surface area contributed by atoms with E-state index < -0.39 is 34.6 Å². The number of hydrogen-bond acceptors (Lipinski definition) is 10. The van der Waals surface area contributed by atoms with Gasteiger partial charge in [-0.3, -0.25) is 19.2 Å². The molecule has 2 aliphatic carbocycles. The molecule has 5 fully saturated rings. The number of carbonyl (C=O) groups is 4. The largest absolute Gasteiger partial charge is 0.356 e. The van der Waals surface area contributed by atoms with Gasteiger partial charge in [-0.15, -0.1) is 0 Å². The molecule has 4 aromatic rings. The number of likely N-dealkylation sites (tertiary alicyclic amines) is 2. The number of amides is 4. The van der Waals surface area contributed by atoms with Crippen molar-refractivity contribution in [3.05, 3.63) is 130 Å². The molecule has 3 saturated heterocycles. The standard InChI is InChI=1S/C50H58N6O8/c51-31-33-7-1-9-37(27-33)35-15-23-55(24-16-35)43(57)39-11-3-13-41(29-39)53-45(59)49(61)47(19-5-20-47)64-50(62,48(63-49)21-6-22-48)46(60)54-42-14-4-12-40(30-42)44(58)56-25-17-36(18-26-56)38-10-2-8-34(28-38)32-52/h1-4,7-14,27-30,35-36,61-62H,5-6,15-26,31-32,51-52H2,(H,53,59)(H,54,60). The zero-order valence-corrected chi connectivity index (χ0v) is 36.1. The van der Waals surface area contributed by atoms with E-state index in [0.29, 0.717) is 75.1 Å². The molecule has 2 unspecified atom stereocenters. The molecule has 0 aromatic heterocycles. The lowest BCUT2D eigenvalue weighted by Gasteiger charge is -2.65. The highest BCUT2D eigenvalue weighted by Crippen LogP contribution is 2.60. The number of hydrogen-bond donors (Lipinski definition) is 6. The second-order valence-electron chi connectivity index (χ2n) is 18.3. The Morgan fingerprint density at radius 3 is 1.28 bits per heavy atom. The van der Waals surface area contributed by atoms with Crippen LogP contribution in [0.5, 0.6) is 0 Å². The van der Waals surface area contributed by atoms with Crippen LogP contribution in [0.15, 0.2) is 97.1 Å². The molecule has 3 heterocycles. The van der Waals surface area contributed by atoms with Gasteiger partial charge in [-0.05, 0) is 135 Å². The number of nitrogens with one attached hydrogen (secondary N) is 2. The van der Waals surface area contributed by atoms with Crippen LogP contribution >= 0.6 is 0 Å². The van der Waals surface area contributed by atoms with Crippen LogP contribution in [0.4, 0.5) is 11.4 Å². The minimum absolute atomic E-state index is 0.132. The van der Waals surface area contributed by atoms with Crippen LogP contribution in [0.1, 0.15) is 119 Å². The first-order chi connectivity index (χ1) is 30.9. The van der Waals surface area contributed by atoms with Gasteiger partial charge in [0, 0.05) is 61.8 Å². The normalized spacial score (nSPS) is 24.1. The van der Waals surface area contributed by atoms with Gasteiger partial charge < -0.3 is 51.6 Å². The Kier molecular flexibility index (Phi) is 12.0. The molecule has 14 nitrogen and oxygen atoms in total. The SMILES string of the molecule is NCc1cccc(C2CCN(C(=O)c3cccc(NC(=O)C4(O)OC5(CCC5)C(O)(C(=O)Nc5cccc(C(=O)N6CCC(c7cccc(CN)c7)CC6)c5)OC45CCC5)c3)CC2)c1. The lowest BCUT2D eigenvalue weighted by atomic mass is 9.66. The molecule has 0 radical (unpaired) electrons. The fourth-order valence-electron chi connectivity index (χ4n) is 10.3. The summed E-state index contributed by atoms with van der Waals surface area (Å²) in [5, 5.41) is 30.1. The van der Waals surface area contributed by atoms with Crippen molar-refractivity contribution < 1.29 is 38.9 Å². The van der Waals surface area contributed by atoms with Crippen molar-refractivity contribution in [2.24, 2.45) is 11.5 Å². The Labute approximate surface area is 373 Å². The summed E-state index contributed by atoms with van der Waals surface area (Å²) >= 11 is 0. The van der Waals surface area contributed by atoms with E-state index in [9.17, 15) is 29.4 Å². The average molecular weight is 871 g/mol. The van der Waals surface area contributed by atoms with E-state index in [2.05, 4.69) is 34.9 Å². The molecular formula is C50H58N6O8. The first kappa shape index (κ1) is 43.8. The molecule has 8 N–H and O–H groups in total. The molecule has 5 aliphatic rings. The van der Waals surface area contributed by atoms with Crippen LogP contribution in [-0.2, 0) is 32.2 Å². The molecule has 4 amide bonds. The smallest absolute Gasteiger partial charge is 0.287 e. The number of piperidine rings is 2. The van der Waals surface area contributed by atoms with Crippen LogP contribution in [0, 0.1) is 0 Å². The van der Waals surface area contributed by atoms with Gasteiger partial charge in [-0.2, -0.15) is 0 Å². The zero-order valence-electron chi connectivity index (χ0n) is 36.1. The summed E-state index contributed by atoms with van der Waals surface area (Å²) < 4.78 is 12.7. The van der Waals surface area contributed by atoms with Crippen molar-refractivity contribution >= 4 is 35.0 Å². The van der Waals surface area contributed by atoms with Crippen LogP contribution in [-0.4, -0.2) is 92.6 Å². The van der Waals surface area contributed by atoms with Gasteiger partial charge in [0.1, 0.15) is 11.2 Å². The molecule has 9 rings (SSSR count). The summed E-state index contributed by atoms with van der Waals surface area (Å²) in [4.78, 5) is 59.6. The highest BCUT2D eigenvalue weighted by atomic mass is 16.8. The summed E-state index contributed by atoms with van der Waals surface area (Å²) in [6.07, 6.45) is 4.87. The molecule has 2 atom stereocenters. The van der Waals surface area contributed by atoms with Crippen LogP contribution in [0.2, 0.25) is 0 Å². The maximum Gasteiger partial charge on any atom is 0.287 e. The molecule has 2 saturated carbocycles. The van der Waals surface area contributed by atoms with Crippen LogP contribution < -0.4 is 22.1 Å². The lowest BCUT2D eigenvalue weighted by molar-refractivity contribution is -0.481. The summed E-state index contributed by atoms with van der Waals surface area (Å²) in [7, 11) is 0. The third kappa shape index (κ3) is 7.90. The second-order valence-corrected chi connectivity index (χ2v) is 18.3. The van der Waals surface area contributed by atoms with Gasteiger partial charge in [0.2, 0.25) is 0 Å². The number of rotatable bonds is 10. The highest BCUT2D eigenvalue weighted by Gasteiger charge is 2.77. The van der Waals surface area contributed by atoms with Crippen molar-refractivity contribution in [1.29, 1.82) is 0 Å². The number of benzene rings is 4. The van der Waals surface area contributed by atoms with E-state index in [0.717, 1.165) is 36.8 Å². The lowest BCUT2D eigenvalue weighted by Crippen LogP contribution is -2.83. The Bertz CT molecular complexity index is 2250. The zero-order chi connectivity index (χ0) is 44.7. The molecule has 64 heavy (non-hydrogen) atoms. The fraction of sp³-hybridized carbons (Fsp3) is 0.440. The predicted octanol–water partition coefficient (Wildman–Crippen LogP) is 5.49. The number of anilines is 2. The Morgan fingerprint density at radius 1 is 0.562 bits per heavy atom. The number of nitrogens with zero attached hydrogens (tertiary/aromatic N) is 2. The van der Waals surface area contributed by atoms with Gasteiger partial charge in [0.25, 0.3) is 35.2 Å². The van der Waals surface area contributed by atoms with Gasteiger partial charge in [-0.25, -0.2) is 0 Å². The number of ether oxygens (including phenoxy) is 2. The summed E-state index contributed by atoms with van der Waals surface area (Å²) in [6.45, 7) is 3.26. The van der Waals surface area contributed by atoms with E-state index in [1.165, 1.54) is 11.1 Å². The van der Waals surface area contributed by atoms with E-state index in [1.54, 1.807) is 48.5 Å². The van der Waals surface area contributed by atoms with Crippen molar-refractivity contribution in [3.8, 4) is 0 Å². The van der Waals surface area contributed by atoms with Crippen molar-refractivity contribution in [2.75, 3.05) is 36.8 Å². The second kappa shape index (κ2) is 17.5. The van der Waals surface area contributed by atoms with Crippen molar-refractivity contribution in [3.63, 3.8) is 0 Å². The van der Waals surface area contributed by atoms with E-state index in [1.807, 2.05) is 34.1 Å². The van der Waals surface area contributed by atoms with Gasteiger partial charge in [0.15, 0.2) is 0 Å². The molecule has 336 valence electrons. The first-order valence-corrected chi connectivity index (χ1v) is 22.7. The topological polar surface area (TPSA) is 210 Å². The van der Waals surface area contributed by atoms with Crippen molar-refractivity contribution in [2.45, 2.75) is 112 Å². The van der Waals surface area contributed by atoms with Gasteiger partial charge in [0.05, 0.1) is 0 Å². The predicted molar refractivity (Wildman–Crippen MR) is 240 cm³/mol. The number of carbonyl (C=O) groups excluding carboxylic acids is 4. The maximum absolute atomic E-state index is 14.3. The molecule has 3 aliphatic heterocycles. The van der Waals surface area contributed by atoms with Crippen LogP contribution in [0.3, 0.4) is 0 Å². The maximum atomic E-state index is 14.3. The molecule has 2 spiro atoms. The first-order valence-electron chi connectivity index (χ1n) is 22.7. The van der Waals surface area contributed by atoms with E-state index in [-0.39, 0.29) is 48.9 Å². The van der Waals surface area contributed by atoms with Gasteiger partial charge >= 0.3 is 0 Å². The summed E-state index contributed by atoms with van der Waals surface area (Å²) in [5.74, 6) is -6.68. The summed E-state index contributed by atoms with van der Waals surface area (Å²) in [6, 6.07) is 29.7.